The number of aryl methyl sites for hydroxylation is 1. The molecule has 0 bridgehead atoms. The van der Waals surface area contributed by atoms with E-state index in [1.807, 2.05) is 17.0 Å². The average molecular weight is 355 g/mol. The second-order valence-corrected chi connectivity index (χ2v) is 8.01. The molecule has 26 heavy (non-hydrogen) atoms. The smallest absolute Gasteiger partial charge is 0.228 e. The van der Waals surface area contributed by atoms with Crippen LogP contribution in [0.4, 0.5) is 5.69 Å². The van der Waals surface area contributed by atoms with Crippen molar-refractivity contribution < 1.29 is 9.59 Å². The number of rotatable bonds is 3. The van der Waals surface area contributed by atoms with Crippen molar-refractivity contribution in [2.45, 2.75) is 32.6 Å². The zero-order valence-corrected chi connectivity index (χ0v) is 15.6. The standard InChI is InChI=1S/C21H29N3O2/c1-2-15-3-5-19(6-4-15)24-14-18(11-20(24)25)21(26)23-9-7-16-12-22-13-17(16)8-10-23/h3-6,16-18,22H,2,7-14H2,1H3/t16-,17+,18?. The Balaban J connectivity index is 1.40. The van der Waals surface area contributed by atoms with E-state index < -0.39 is 0 Å². The third-order valence-electron chi connectivity index (χ3n) is 6.46. The van der Waals surface area contributed by atoms with Gasteiger partial charge in [-0.2, -0.15) is 0 Å². The molecule has 5 heteroatoms. The summed E-state index contributed by atoms with van der Waals surface area (Å²) >= 11 is 0. The molecule has 1 N–H and O–H groups in total. The summed E-state index contributed by atoms with van der Waals surface area (Å²) in [6.07, 6.45) is 3.51. The van der Waals surface area contributed by atoms with E-state index in [2.05, 4.69) is 24.4 Å². The van der Waals surface area contributed by atoms with Gasteiger partial charge < -0.3 is 15.1 Å². The number of anilines is 1. The molecule has 3 saturated heterocycles. The number of fused-ring (bicyclic) bond motifs is 1. The lowest BCUT2D eigenvalue weighted by molar-refractivity contribution is -0.135. The van der Waals surface area contributed by atoms with Crippen molar-refractivity contribution in [3.8, 4) is 0 Å². The summed E-state index contributed by atoms with van der Waals surface area (Å²) < 4.78 is 0. The van der Waals surface area contributed by atoms with Crippen molar-refractivity contribution >= 4 is 17.5 Å². The van der Waals surface area contributed by atoms with Gasteiger partial charge in [0.15, 0.2) is 0 Å². The van der Waals surface area contributed by atoms with Gasteiger partial charge in [0.1, 0.15) is 0 Å². The lowest BCUT2D eigenvalue weighted by atomic mass is 9.92. The second-order valence-electron chi connectivity index (χ2n) is 8.01. The van der Waals surface area contributed by atoms with Gasteiger partial charge in [-0.1, -0.05) is 19.1 Å². The maximum absolute atomic E-state index is 13.0. The Kier molecular flexibility index (Phi) is 4.98. The first-order valence-electron chi connectivity index (χ1n) is 10.0. The predicted octanol–water partition coefficient (Wildman–Crippen LogP) is 2.06. The molecule has 3 fully saturated rings. The highest BCUT2D eigenvalue weighted by Crippen LogP contribution is 2.30. The van der Waals surface area contributed by atoms with Crippen LogP contribution in [0.25, 0.3) is 0 Å². The third-order valence-corrected chi connectivity index (χ3v) is 6.46. The SMILES string of the molecule is CCc1ccc(N2CC(C(=O)N3CC[C@@H]4CNC[C@@H]4CC3)CC2=O)cc1. The molecule has 4 rings (SSSR count). The maximum atomic E-state index is 13.0. The Morgan fingerprint density at radius 3 is 2.38 bits per heavy atom. The van der Waals surface area contributed by atoms with E-state index in [4.69, 9.17) is 0 Å². The van der Waals surface area contributed by atoms with Crippen LogP contribution in [-0.4, -0.2) is 49.4 Å². The molecule has 0 aliphatic carbocycles. The van der Waals surface area contributed by atoms with E-state index in [9.17, 15) is 9.59 Å². The van der Waals surface area contributed by atoms with Gasteiger partial charge in [0, 0.05) is 31.7 Å². The molecule has 1 aromatic rings. The Hall–Kier alpha value is -1.88. The van der Waals surface area contributed by atoms with Crippen LogP contribution in [0.1, 0.15) is 31.7 Å². The molecular formula is C21H29N3O2. The lowest BCUT2D eigenvalue weighted by Gasteiger charge is -2.24. The van der Waals surface area contributed by atoms with Gasteiger partial charge in [-0.15, -0.1) is 0 Å². The van der Waals surface area contributed by atoms with Gasteiger partial charge in [0.2, 0.25) is 11.8 Å². The molecule has 1 unspecified atom stereocenters. The summed E-state index contributed by atoms with van der Waals surface area (Å²) in [6.45, 7) is 6.52. The van der Waals surface area contributed by atoms with Gasteiger partial charge >= 0.3 is 0 Å². The van der Waals surface area contributed by atoms with E-state index in [0.717, 1.165) is 51.1 Å². The topological polar surface area (TPSA) is 52.7 Å². The predicted molar refractivity (Wildman–Crippen MR) is 102 cm³/mol. The summed E-state index contributed by atoms with van der Waals surface area (Å²) in [5, 5.41) is 3.47. The fourth-order valence-corrected chi connectivity index (χ4v) is 4.73. The zero-order chi connectivity index (χ0) is 18.1. The molecule has 0 radical (unpaired) electrons. The molecule has 5 nitrogen and oxygen atoms in total. The molecule has 140 valence electrons. The molecular weight excluding hydrogens is 326 g/mol. The first kappa shape index (κ1) is 17.5. The van der Waals surface area contributed by atoms with Crippen molar-refractivity contribution in [1.82, 2.24) is 10.2 Å². The van der Waals surface area contributed by atoms with E-state index in [1.165, 1.54) is 5.56 Å². The van der Waals surface area contributed by atoms with Gasteiger partial charge in [0.05, 0.1) is 5.92 Å². The number of hydrogen-bond acceptors (Lipinski definition) is 3. The molecule has 2 amide bonds. The van der Waals surface area contributed by atoms with E-state index in [1.54, 1.807) is 4.90 Å². The zero-order valence-electron chi connectivity index (χ0n) is 15.6. The van der Waals surface area contributed by atoms with E-state index in [0.29, 0.717) is 24.8 Å². The molecule has 0 saturated carbocycles. The maximum Gasteiger partial charge on any atom is 0.228 e. The summed E-state index contributed by atoms with van der Waals surface area (Å²) in [5.74, 6) is 1.49. The quantitative estimate of drug-likeness (QED) is 0.903. The number of hydrogen-bond donors (Lipinski definition) is 1. The fourth-order valence-electron chi connectivity index (χ4n) is 4.73. The summed E-state index contributed by atoms with van der Waals surface area (Å²) in [5.41, 5.74) is 2.18. The number of nitrogens with zero attached hydrogens (tertiary/aromatic N) is 2. The Labute approximate surface area is 155 Å². The highest BCUT2D eigenvalue weighted by molar-refractivity contribution is 6.00. The van der Waals surface area contributed by atoms with E-state index in [-0.39, 0.29) is 17.7 Å². The minimum Gasteiger partial charge on any atom is -0.342 e. The summed E-state index contributed by atoms with van der Waals surface area (Å²) in [6, 6.07) is 8.14. The fraction of sp³-hybridized carbons (Fsp3) is 0.619. The van der Waals surface area contributed by atoms with Crippen LogP contribution in [0.2, 0.25) is 0 Å². The molecule has 3 atom stereocenters. The summed E-state index contributed by atoms with van der Waals surface area (Å²) in [7, 11) is 0. The molecule has 0 aromatic heterocycles. The molecule has 3 aliphatic heterocycles. The number of benzene rings is 1. The number of nitrogens with one attached hydrogen (secondary N) is 1. The van der Waals surface area contributed by atoms with Gasteiger partial charge in [-0.25, -0.2) is 0 Å². The monoisotopic (exact) mass is 355 g/mol. The number of amides is 2. The first-order chi connectivity index (χ1) is 12.7. The van der Waals surface area contributed by atoms with Crippen molar-refractivity contribution in [2.24, 2.45) is 17.8 Å². The molecule has 0 spiro atoms. The Morgan fingerprint density at radius 1 is 1.12 bits per heavy atom. The van der Waals surface area contributed by atoms with Crippen LogP contribution in [0.5, 0.6) is 0 Å². The molecule has 1 aromatic carbocycles. The minimum atomic E-state index is -0.190. The molecule has 3 aliphatic rings. The third kappa shape index (κ3) is 3.37. The van der Waals surface area contributed by atoms with Crippen molar-refractivity contribution in [1.29, 1.82) is 0 Å². The van der Waals surface area contributed by atoms with Crippen LogP contribution >= 0.6 is 0 Å². The average Bonchev–Trinajstić information content (AvgIpc) is 3.23. The number of carbonyl (C=O) groups excluding carboxylic acids is 2. The Bertz CT molecular complexity index is 658. The van der Waals surface area contributed by atoms with Crippen LogP contribution in [0.3, 0.4) is 0 Å². The largest absolute Gasteiger partial charge is 0.342 e. The normalized spacial score (nSPS) is 29.0. The second kappa shape index (κ2) is 7.39. The highest BCUT2D eigenvalue weighted by atomic mass is 16.2. The first-order valence-corrected chi connectivity index (χ1v) is 10.0. The highest BCUT2D eigenvalue weighted by Gasteiger charge is 2.39. The lowest BCUT2D eigenvalue weighted by Crippen LogP contribution is -2.38. The van der Waals surface area contributed by atoms with Crippen LogP contribution in [0.15, 0.2) is 24.3 Å². The number of likely N-dealkylation sites (tertiary alicyclic amines) is 1. The van der Waals surface area contributed by atoms with Crippen LogP contribution in [0, 0.1) is 17.8 Å². The van der Waals surface area contributed by atoms with Crippen molar-refractivity contribution in [3.63, 3.8) is 0 Å². The van der Waals surface area contributed by atoms with E-state index >= 15 is 0 Å². The van der Waals surface area contributed by atoms with Crippen LogP contribution in [-0.2, 0) is 16.0 Å². The summed E-state index contributed by atoms with van der Waals surface area (Å²) in [4.78, 5) is 29.3. The minimum absolute atomic E-state index is 0.0727. The van der Waals surface area contributed by atoms with Gasteiger partial charge in [-0.3, -0.25) is 9.59 Å². The molecule has 3 heterocycles. The van der Waals surface area contributed by atoms with Gasteiger partial charge in [0.25, 0.3) is 0 Å². The van der Waals surface area contributed by atoms with Crippen LogP contribution < -0.4 is 10.2 Å². The van der Waals surface area contributed by atoms with Crippen molar-refractivity contribution in [3.05, 3.63) is 29.8 Å². The van der Waals surface area contributed by atoms with Gasteiger partial charge in [-0.05, 0) is 61.9 Å². The van der Waals surface area contributed by atoms with Crippen molar-refractivity contribution in [2.75, 3.05) is 37.6 Å². The number of carbonyl (C=O) groups is 2. The Morgan fingerprint density at radius 2 is 1.77 bits per heavy atom.